The quantitative estimate of drug-likeness (QED) is 0.0587. The fraction of sp³-hybridized carbons (Fsp3) is 0.508. The van der Waals surface area contributed by atoms with Crippen molar-refractivity contribution in [3.8, 4) is 45.8 Å². The van der Waals surface area contributed by atoms with Crippen molar-refractivity contribution in [1.29, 1.82) is 0 Å². The van der Waals surface area contributed by atoms with Gasteiger partial charge in [-0.2, -0.15) is 9.97 Å². The fourth-order valence-corrected chi connectivity index (χ4v) is 14.0. The Kier molecular flexibility index (Phi) is 16.9. The number of aliphatic hydroxyl groups excluding tert-OH is 1. The van der Waals surface area contributed by atoms with Crippen molar-refractivity contribution in [1.82, 2.24) is 50.6 Å². The molecule has 5 aliphatic rings. The predicted molar refractivity (Wildman–Crippen MR) is 317 cm³/mol. The van der Waals surface area contributed by atoms with Gasteiger partial charge in [0.15, 0.2) is 5.82 Å². The summed E-state index contributed by atoms with van der Waals surface area (Å²) in [6, 6.07) is 11.6. The first-order valence-electron chi connectivity index (χ1n) is 29.4. The molecule has 5 fully saturated rings. The van der Waals surface area contributed by atoms with Crippen molar-refractivity contribution in [3.63, 3.8) is 0 Å². The van der Waals surface area contributed by atoms with E-state index in [0.29, 0.717) is 55.7 Å². The molecule has 5 saturated heterocycles. The molecule has 5 N–H and O–H groups in total. The van der Waals surface area contributed by atoms with Crippen LogP contribution in [0.3, 0.4) is 0 Å². The maximum absolute atomic E-state index is 17.1. The number of piperazine rings is 1. The molecule has 3 aromatic heterocycles. The van der Waals surface area contributed by atoms with E-state index in [4.69, 9.17) is 16.1 Å². The molecule has 0 radical (unpaired) electrons. The van der Waals surface area contributed by atoms with Gasteiger partial charge >= 0.3 is 6.01 Å². The number of nitrogens with one attached hydrogen (secondary N) is 3. The fourth-order valence-electron chi connectivity index (χ4n) is 13.2. The first kappa shape index (κ1) is 58.8. The van der Waals surface area contributed by atoms with Crippen molar-refractivity contribution in [2.75, 3.05) is 70.4 Å². The summed E-state index contributed by atoms with van der Waals surface area (Å²) in [5, 5.41) is 32.2. The standard InChI is InChI=1S/C63H74F3N11O6S/c1-7-46-49(64)15-12-41-26-44(78)27-47(52(41)46)54-53(65)55-48(30-67-54)58(76-31-42-13-14-43(32-76)70-42)73-61(72-55)83-25-24-74-20-16-38(17-21-74)29-63(66)18-22-75(23-19-63)34-51(80)71-57(62(4,5)6)60(82)77-33-45(79)28-50(77)59(81)69-36(2)39-8-10-40(11-9-39)56-37(3)68-35-84-56/h1,8-12,15,26-27,30,35-36,38,42-43,45,50,57,70,78-79H,13-14,16-25,28-29,31-34H2,2-6H3,(H,69,81)(H,71,80)/t36-,42?,43?,45+,50-,57+/m0/s1. The van der Waals surface area contributed by atoms with Gasteiger partial charge in [0.05, 0.1) is 45.7 Å². The van der Waals surface area contributed by atoms with Gasteiger partial charge in [0.2, 0.25) is 17.7 Å². The average Bonchev–Trinajstić information content (AvgIpc) is 3.63. The number of anilines is 1. The molecular weight excluding hydrogens is 1100 g/mol. The van der Waals surface area contributed by atoms with Gasteiger partial charge in [0, 0.05) is 74.9 Å². The van der Waals surface area contributed by atoms with Crippen LogP contribution in [0.15, 0.2) is 60.2 Å². The van der Waals surface area contributed by atoms with Gasteiger partial charge in [-0.15, -0.1) is 17.8 Å². The number of phenolic OH excluding ortho intramolecular Hbond substituents is 1. The predicted octanol–water partition coefficient (Wildman–Crippen LogP) is 7.84. The maximum Gasteiger partial charge on any atom is 0.319 e. The van der Waals surface area contributed by atoms with Gasteiger partial charge in [0.1, 0.15) is 53.0 Å². The topological polar surface area (TPSA) is 202 Å². The summed E-state index contributed by atoms with van der Waals surface area (Å²) in [5.74, 6) is 0.261. The molecule has 21 heteroatoms. The van der Waals surface area contributed by atoms with Crippen molar-refractivity contribution in [3.05, 3.63) is 88.7 Å². The average molecular weight is 1170 g/mol. The van der Waals surface area contributed by atoms with Crippen molar-refractivity contribution in [2.45, 2.75) is 128 Å². The van der Waals surface area contributed by atoms with E-state index >= 15 is 13.2 Å². The van der Waals surface area contributed by atoms with Crippen molar-refractivity contribution >= 4 is 56.6 Å². The number of rotatable bonds is 16. The van der Waals surface area contributed by atoms with Gasteiger partial charge in [0.25, 0.3) is 0 Å². The van der Waals surface area contributed by atoms with E-state index in [9.17, 15) is 24.6 Å². The number of aromatic hydroxyl groups is 1. The molecule has 17 nitrogen and oxygen atoms in total. The zero-order valence-electron chi connectivity index (χ0n) is 48.3. The maximum atomic E-state index is 17.1. The second-order valence-electron chi connectivity index (χ2n) is 24.9. The van der Waals surface area contributed by atoms with Gasteiger partial charge < -0.3 is 40.7 Å². The highest BCUT2D eigenvalue weighted by Crippen LogP contribution is 2.41. The number of amides is 3. The number of hydrogen-bond acceptors (Lipinski definition) is 15. The minimum Gasteiger partial charge on any atom is -0.508 e. The largest absolute Gasteiger partial charge is 0.508 e. The number of terminal acetylenes is 1. The molecule has 0 saturated carbocycles. The third-order valence-corrected chi connectivity index (χ3v) is 18.8. The summed E-state index contributed by atoms with van der Waals surface area (Å²) in [7, 11) is 0. The summed E-state index contributed by atoms with van der Waals surface area (Å²) >= 11 is 1.57. The van der Waals surface area contributed by atoms with E-state index in [2.05, 4.69) is 46.6 Å². The first-order chi connectivity index (χ1) is 40.2. The normalized spacial score (nSPS) is 22.0. The lowest BCUT2D eigenvalue weighted by Crippen LogP contribution is -2.59. The first-order valence-corrected chi connectivity index (χ1v) is 30.2. The van der Waals surface area contributed by atoms with Crippen molar-refractivity contribution < 1.29 is 42.5 Å². The van der Waals surface area contributed by atoms with Crippen LogP contribution >= 0.6 is 11.3 Å². The Hall–Kier alpha value is -6.96. The van der Waals surface area contributed by atoms with Gasteiger partial charge in [-0.05, 0) is 118 Å². The van der Waals surface area contributed by atoms with E-state index in [0.717, 1.165) is 60.5 Å². The number of alkyl halides is 1. The third kappa shape index (κ3) is 12.6. The second kappa shape index (κ2) is 24.2. The summed E-state index contributed by atoms with van der Waals surface area (Å²) in [5.41, 5.74) is 2.44. The lowest BCUT2D eigenvalue weighted by Gasteiger charge is -2.40. The SMILES string of the molecule is C#Cc1c(F)ccc2cc(O)cc(-c3ncc4c(N5CC6CCC(C5)N6)nc(OCCN5CCC(CC6(F)CCN(CC(=O)N[C@H](C(=O)N7C[C@H](O)C[C@H]7C(=O)N[C@@H](C)c7ccc(-c8scnc8C)cc7)C(C)(C)C)CC6)CC5)nc4c3F)c12. The molecular formula is C63H74F3N11O6S. The van der Waals surface area contributed by atoms with Crippen LogP contribution in [0.5, 0.6) is 11.8 Å². The Morgan fingerprint density at radius 3 is 2.36 bits per heavy atom. The molecule has 11 rings (SSSR count). The number of carbonyl (C=O) groups is 3. The van der Waals surface area contributed by atoms with Crippen LogP contribution in [0.4, 0.5) is 19.0 Å². The molecule has 3 aromatic carbocycles. The van der Waals surface area contributed by atoms with Crippen LogP contribution in [0.2, 0.25) is 0 Å². The highest BCUT2D eigenvalue weighted by Gasteiger charge is 2.46. The molecule has 444 valence electrons. The van der Waals surface area contributed by atoms with E-state index in [-0.39, 0.29) is 114 Å². The number of halogens is 3. The Morgan fingerprint density at radius 1 is 0.952 bits per heavy atom. The minimum absolute atomic E-state index is 0.000812. The van der Waals surface area contributed by atoms with Crippen LogP contribution in [-0.4, -0.2) is 164 Å². The molecule has 0 aliphatic carbocycles. The van der Waals surface area contributed by atoms with Crippen LogP contribution in [-0.2, 0) is 14.4 Å². The zero-order valence-corrected chi connectivity index (χ0v) is 49.1. The number of hydrogen-bond donors (Lipinski definition) is 5. The lowest BCUT2D eigenvalue weighted by atomic mass is 9.80. The molecule has 84 heavy (non-hydrogen) atoms. The van der Waals surface area contributed by atoms with Crippen LogP contribution in [0.25, 0.3) is 43.4 Å². The summed E-state index contributed by atoms with van der Waals surface area (Å²) in [4.78, 5) is 69.1. The van der Waals surface area contributed by atoms with Gasteiger partial charge in [-0.3, -0.25) is 29.2 Å². The highest BCUT2D eigenvalue weighted by atomic mass is 32.1. The van der Waals surface area contributed by atoms with Crippen LogP contribution in [0.1, 0.15) is 102 Å². The van der Waals surface area contributed by atoms with E-state index in [1.165, 1.54) is 35.4 Å². The Bertz CT molecular complexity index is 3470. The number of likely N-dealkylation sites (tertiary alicyclic amines) is 3. The number of pyridine rings is 1. The molecule has 2 unspecified atom stereocenters. The number of piperidine rings is 2. The number of nitrogens with zero attached hydrogens (tertiary/aromatic N) is 8. The smallest absolute Gasteiger partial charge is 0.319 e. The number of benzene rings is 3. The number of β-amino-alcohol motifs (C(OH)–C–C–N with tert-alkyl or cyclic N) is 1. The lowest BCUT2D eigenvalue weighted by molar-refractivity contribution is -0.144. The van der Waals surface area contributed by atoms with Crippen LogP contribution < -0.4 is 25.6 Å². The molecule has 8 heterocycles. The van der Waals surface area contributed by atoms with E-state index in [1.807, 2.05) is 69.3 Å². The van der Waals surface area contributed by atoms with Crippen LogP contribution in [0, 0.1) is 42.2 Å². The minimum atomic E-state index is -1.38. The molecule has 0 spiro atoms. The van der Waals surface area contributed by atoms with E-state index in [1.54, 1.807) is 11.3 Å². The number of carbonyl (C=O) groups excluding carboxylic acids is 3. The number of aromatic nitrogens is 4. The number of fused-ring (bicyclic) bond motifs is 4. The molecule has 6 atom stereocenters. The molecule has 5 aliphatic heterocycles. The van der Waals surface area contributed by atoms with Gasteiger partial charge in [-0.25, -0.2) is 18.2 Å². The van der Waals surface area contributed by atoms with E-state index < -0.39 is 46.8 Å². The number of thiazole rings is 1. The highest BCUT2D eigenvalue weighted by molar-refractivity contribution is 7.13. The summed E-state index contributed by atoms with van der Waals surface area (Å²) in [6.45, 7) is 13.7. The summed E-state index contributed by atoms with van der Waals surface area (Å²) < 4.78 is 55.0. The zero-order chi connectivity index (χ0) is 59.2. The number of ether oxygens (including phenoxy) is 1. The molecule has 3 amide bonds. The van der Waals surface area contributed by atoms with Gasteiger partial charge in [-0.1, -0.05) is 57.0 Å². The number of phenols is 1. The summed E-state index contributed by atoms with van der Waals surface area (Å²) in [6.07, 6.45) is 11.1. The Morgan fingerprint density at radius 2 is 1.68 bits per heavy atom. The Balaban J connectivity index is 0.666. The van der Waals surface area contributed by atoms with Crippen molar-refractivity contribution in [2.24, 2.45) is 11.3 Å². The monoisotopic (exact) mass is 1170 g/mol. The second-order valence-corrected chi connectivity index (χ2v) is 25.7. The molecule has 6 aromatic rings. The Labute approximate surface area is 491 Å². The number of aliphatic hydroxyl groups is 1. The third-order valence-electron chi connectivity index (χ3n) is 17.8. The molecule has 2 bridgehead atoms. The number of aryl methyl sites for hydroxylation is 1.